The van der Waals surface area contributed by atoms with Crippen LogP contribution in [0, 0.1) is 0 Å². The lowest BCUT2D eigenvalue weighted by Crippen LogP contribution is -1.94. The van der Waals surface area contributed by atoms with Crippen molar-refractivity contribution < 1.29 is 0 Å². The van der Waals surface area contributed by atoms with E-state index in [0.29, 0.717) is 0 Å². The summed E-state index contributed by atoms with van der Waals surface area (Å²) in [6, 6.07) is 4.02. The van der Waals surface area contributed by atoms with Gasteiger partial charge >= 0.3 is 0 Å². The molecule has 0 spiro atoms. The maximum absolute atomic E-state index is 4.44. The fourth-order valence-electron chi connectivity index (χ4n) is 1.09. The van der Waals surface area contributed by atoms with E-state index in [1.54, 1.807) is 6.08 Å². The second-order valence-electron chi connectivity index (χ2n) is 2.70. The molecule has 0 aliphatic rings. The van der Waals surface area contributed by atoms with Crippen LogP contribution in [0.15, 0.2) is 25.3 Å². The molecule has 68 valence electrons. The van der Waals surface area contributed by atoms with E-state index in [9.17, 15) is 0 Å². The van der Waals surface area contributed by atoms with Crippen molar-refractivity contribution in [3.05, 3.63) is 42.2 Å². The molecular formula is C11H12BrN. The zero-order valence-corrected chi connectivity index (χ0v) is 9.26. The number of nitrogens with zero attached hydrogens (tertiary/aromatic N) is 1. The topological polar surface area (TPSA) is 12.9 Å². The standard InChI is InChI=1S/C11H12BrN/c1-4-9-6-7-10(5-2)13-11(9)8(3)12/h4,6-7H,1,3,5H2,2H3. The lowest BCUT2D eigenvalue weighted by atomic mass is 10.1. The molecule has 1 aromatic heterocycles. The average molecular weight is 238 g/mol. The van der Waals surface area contributed by atoms with Gasteiger partial charge in [0.25, 0.3) is 0 Å². The Morgan fingerprint density at radius 2 is 2.31 bits per heavy atom. The molecule has 0 amide bonds. The van der Waals surface area contributed by atoms with E-state index >= 15 is 0 Å². The highest BCUT2D eigenvalue weighted by Crippen LogP contribution is 2.22. The van der Waals surface area contributed by atoms with Crippen LogP contribution in [-0.2, 0) is 6.42 Å². The fourth-order valence-corrected chi connectivity index (χ4v) is 1.41. The molecule has 0 atom stereocenters. The maximum atomic E-state index is 4.44. The SMILES string of the molecule is C=Cc1ccc(CC)nc1C(=C)Br. The summed E-state index contributed by atoms with van der Waals surface area (Å²) in [4.78, 5) is 4.44. The first-order chi connectivity index (χ1) is 6.19. The summed E-state index contributed by atoms with van der Waals surface area (Å²) in [7, 11) is 0. The van der Waals surface area contributed by atoms with Gasteiger partial charge in [-0.25, -0.2) is 0 Å². The Morgan fingerprint density at radius 1 is 1.62 bits per heavy atom. The third kappa shape index (κ3) is 2.28. The number of halogens is 1. The molecule has 0 aliphatic carbocycles. The molecule has 1 rings (SSSR count). The van der Waals surface area contributed by atoms with E-state index in [1.807, 2.05) is 12.1 Å². The van der Waals surface area contributed by atoms with Crippen molar-refractivity contribution in [3.8, 4) is 0 Å². The minimum atomic E-state index is 0.803. The molecule has 0 saturated heterocycles. The summed E-state index contributed by atoms with van der Waals surface area (Å²) < 4.78 is 0.803. The summed E-state index contributed by atoms with van der Waals surface area (Å²) >= 11 is 3.33. The molecule has 0 radical (unpaired) electrons. The van der Waals surface area contributed by atoms with Gasteiger partial charge in [0.2, 0.25) is 0 Å². The molecule has 13 heavy (non-hydrogen) atoms. The van der Waals surface area contributed by atoms with E-state index in [-0.39, 0.29) is 0 Å². The first-order valence-corrected chi connectivity index (χ1v) is 4.95. The third-order valence-corrected chi connectivity index (χ3v) is 2.20. The Kier molecular flexibility index (Phi) is 3.43. The maximum Gasteiger partial charge on any atom is 0.0840 e. The van der Waals surface area contributed by atoms with Crippen molar-refractivity contribution in [1.29, 1.82) is 0 Å². The smallest absolute Gasteiger partial charge is 0.0840 e. The summed E-state index contributed by atoms with van der Waals surface area (Å²) in [5.74, 6) is 0. The second-order valence-corrected chi connectivity index (χ2v) is 3.66. The predicted octanol–water partition coefficient (Wildman–Crippen LogP) is 3.65. The van der Waals surface area contributed by atoms with E-state index < -0.39 is 0 Å². The fraction of sp³-hybridized carbons (Fsp3) is 0.182. The Morgan fingerprint density at radius 3 is 2.77 bits per heavy atom. The lowest BCUT2D eigenvalue weighted by Gasteiger charge is -2.05. The van der Waals surface area contributed by atoms with Crippen LogP contribution in [0.25, 0.3) is 10.6 Å². The normalized spacial score (nSPS) is 9.69. The largest absolute Gasteiger partial charge is 0.252 e. The van der Waals surface area contributed by atoms with Crippen LogP contribution in [0.3, 0.4) is 0 Å². The monoisotopic (exact) mass is 237 g/mol. The molecule has 0 saturated carbocycles. The quantitative estimate of drug-likeness (QED) is 0.783. The van der Waals surface area contributed by atoms with Gasteiger partial charge in [-0.05, 0) is 28.4 Å². The number of pyridine rings is 1. The summed E-state index contributed by atoms with van der Waals surface area (Å²) in [6.45, 7) is 9.62. The predicted molar refractivity (Wildman–Crippen MR) is 61.7 cm³/mol. The van der Waals surface area contributed by atoms with Gasteiger partial charge in [0.1, 0.15) is 0 Å². The number of hydrogen-bond acceptors (Lipinski definition) is 1. The lowest BCUT2D eigenvalue weighted by molar-refractivity contribution is 1.03. The van der Waals surface area contributed by atoms with Crippen LogP contribution in [0.1, 0.15) is 23.9 Å². The molecule has 2 heteroatoms. The van der Waals surface area contributed by atoms with Crippen LogP contribution >= 0.6 is 15.9 Å². The van der Waals surface area contributed by atoms with Gasteiger partial charge in [0, 0.05) is 15.7 Å². The van der Waals surface area contributed by atoms with Crippen LogP contribution < -0.4 is 0 Å². The van der Waals surface area contributed by atoms with Crippen LogP contribution in [0.2, 0.25) is 0 Å². The molecule has 1 heterocycles. The summed E-state index contributed by atoms with van der Waals surface area (Å²) in [6.07, 6.45) is 2.72. The third-order valence-electron chi connectivity index (χ3n) is 1.82. The van der Waals surface area contributed by atoms with Gasteiger partial charge in [-0.1, -0.05) is 32.2 Å². The Hall–Kier alpha value is -0.890. The average Bonchev–Trinajstić information content (AvgIpc) is 2.16. The first-order valence-electron chi connectivity index (χ1n) is 4.16. The second kappa shape index (κ2) is 4.38. The van der Waals surface area contributed by atoms with Crippen molar-refractivity contribution in [2.45, 2.75) is 13.3 Å². The highest BCUT2D eigenvalue weighted by atomic mass is 79.9. The van der Waals surface area contributed by atoms with Gasteiger partial charge in [-0.15, -0.1) is 0 Å². The minimum Gasteiger partial charge on any atom is -0.252 e. The molecule has 0 aromatic carbocycles. The van der Waals surface area contributed by atoms with Crippen molar-refractivity contribution in [2.75, 3.05) is 0 Å². The zero-order chi connectivity index (χ0) is 9.84. The molecule has 1 nitrogen and oxygen atoms in total. The van der Waals surface area contributed by atoms with E-state index in [4.69, 9.17) is 0 Å². The Labute approximate surface area is 87.3 Å². The summed E-state index contributed by atoms with van der Waals surface area (Å²) in [5.41, 5.74) is 2.97. The van der Waals surface area contributed by atoms with Crippen molar-refractivity contribution in [1.82, 2.24) is 4.98 Å². The van der Waals surface area contributed by atoms with Crippen molar-refractivity contribution in [2.24, 2.45) is 0 Å². The molecule has 0 bridgehead atoms. The van der Waals surface area contributed by atoms with Gasteiger partial charge < -0.3 is 0 Å². The highest BCUT2D eigenvalue weighted by molar-refractivity contribution is 9.15. The molecule has 0 unspecified atom stereocenters. The van der Waals surface area contributed by atoms with Gasteiger partial charge in [0.15, 0.2) is 0 Å². The van der Waals surface area contributed by atoms with Crippen molar-refractivity contribution >= 4 is 26.5 Å². The molecule has 0 aliphatic heterocycles. The van der Waals surface area contributed by atoms with E-state index in [0.717, 1.165) is 27.9 Å². The van der Waals surface area contributed by atoms with Crippen LogP contribution in [0.5, 0.6) is 0 Å². The number of aromatic nitrogens is 1. The van der Waals surface area contributed by atoms with Crippen LogP contribution in [-0.4, -0.2) is 4.98 Å². The van der Waals surface area contributed by atoms with E-state index in [2.05, 4.69) is 41.0 Å². The van der Waals surface area contributed by atoms with Gasteiger partial charge in [-0.3, -0.25) is 4.98 Å². The first kappa shape index (κ1) is 10.2. The van der Waals surface area contributed by atoms with Gasteiger partial charge in [-0.2, -0.15) is 0 Å². The molecular weight excluding hydrogens is 226 g/mol. The number of rotatable bonds is 3. The zero-order valence-electron chi connectivity index (χ0n) is 7.68. The van der Waals surface area contributed by atoms with Gasteiger partial charge in [0.05, 0.1) is 5.69 Å². The van der Waals surface area contributed by atoms with E-state index in [1.165, 1.54) is 0 Å². The minimum absolute atomic E-state index is 0.803. The van der Waals surface area contributed by atoms with Crippen molar-refractivity contribution in [3.63, 3.8) is 0 Å². The summed E-state index contributed by atoms with van der Waals surface area (Å²) in [5, 5.41) is 0. The Balaban J connectivity index is 3.25. The number of aryl methyl sites for hydroxylation is 1. The highest BCUT2D eigenvalue weighted by Gasteiger charge is 2.03. The number of hydrogen-bond donors (Lipinski definition) is 0. The van der Waals surface area contributed by atoms with Crippen LogP contribution in [0.4, 0.5) is 0 Å². The molecule has 0 N–H and O–H groups in total. The molecule has 0 fully saturated rings. The molecule has 1 aromatic rings. The Bertz CT molecular complexity index is 342.